The highest BCUT2D eigenvalue weighted by molar-refractivity contribution is 5.95. The normalized spacial score (nSPS) is 14.3. The Bertz CT molecular complexity index is 895. The molecule has 1 N–H and O–H groups in total. The van der Waals surface area contributed by atoms with Crippen LogP contribution in [0.4, 0.5) is 11.4 Å². The number of anilines is 2. The number of nitrogens with one attached hydrogen (secondary N) is 1. The molecule has 3 rings (SSSR count). The van der Waals surface area contributed by atoms with E-state index in [0.29, 0.717) is 25.3 Å². The Labute approximate surface area is 185 Å². The van der Waals surface area contributed by atoms with Crippen molar-refractivity contribution in [3.05, 3.63) is 54.1 Å². The van der Waals surface area contributed by atoms with Crippen LogP contribution in [-0.4, -0.2) is 49.5 Å². The van der Waals surface area contributed by atoms with Gasteiger partial charge in [0.15, 0.2) is 6.61 Å². The molecule has 0 saturated carbocycles. The highest BCUT2D eigenvalue weighted by atomic mass is 16.5. The van der Waals surface area contributed by atoms with Gasteiger partial charge >= 0.3 is 0 Å². The summed E-state index contributed by atoms with van der Waals surface area (Å²) in [5.74, 6) is 0.661. The molecule has 1 heterocycles. The second-order valence-electron chi connectivity index (χ2n) is 8.85. The molecule has 1 saturated heterocycles. The summed E-state index contributed by atoms with van der Waals surface area (Å²) < 4.78 is 5.68. The SMILES string of the molecule is CCC(=O)N1CCN(c2ccccc2NC(=O)COc2ccc(C(C)(C)C)cc2)CC1. The quantitative estimate of drug-likeness (QED) is 0.761. The minimum atomic E-state index is -0.202. The molecule has 0 radical (unpaired) electrons. The van der Waals surface area contributed by atoms with E-state index in [-0.39, 0.29) is 23.8 Å². The van der Waals surface area contributed by atoms with Crippen LogP contribution in [0.2, 0.25) is 0 Å². The fourth-order valence-corrected chi connectivity index (χ4v) is 3.66. The molecule has 1 fully saturated rings. The first-order valence-electron chi connectivity index (χ1n) is 10.9. The van der Waals surface area contributed by atoms with Crippen LogP contribution in [0.25, 0.3) is 0 Å². The number of carbonyl (C=O) groups excluding carboxylic acids is 2. The van der Waals surface area contributed by atoms with Crippen LogP contribution in [0.5, 0.6) is 5.75 Å². The van der Waals surface area contributed by atoms with Crippen LogP contribution >= 0.6 is 0 Å². The van der Waals surface area contributed by atoms with Crippen LogP contribution in [0, 0.1) is 0 Å². The third-order valence-electron chi connectivity index (χ3n) is 5.54. The average molecular weight is 424 g/mol. The first-order valence-corrected chi connectivity index (χ1v) is 10.9. The molecular weight excluding hydrogens is 390 g/mol. The zero-order chi connectivity index (χ0) is 22.4. The minimum Gasteiger partial charge on any atom is -0.484 e. The minimum absolute atomic E-state index is 0.0536. The van der Waals surface area contributed by atoms with Crippen molar-refractivity contribution in [2.24, 2.45) is 0 Å². The summed E-state index contributed by atoms with van der Waals surface area (Å²) in [5, 5.41) is 2.97. The maximum Gasteiger partial charge on any atom is 0.262 e. The van der Waals surface area contributed by atoms with Crippen molar-refractivity contribution in [1.29, 1.82) is 0 Å². The monoisotopic (exact) mass is 423 g/mol. The molecule has 0 aliphatic carbocycles. The van der Waals surface area contributed by atoms with Crippen LogP contribution in [-0.2, 0) is 15.0 Å². The van der Waals surface area contributed by atoms with Crippen LogP contribution in [0.15, 0.2) is 48.5 Å². The summed E-state index contributed by atoms with van der Waals surface area (Å²) in [6, 6.07) is 15.6. The second-order valence-corrected chi connectivity index (χ2v) is 8.85. The molecule has 0 unspecified atom stereocenters. The molecule has 0 atom stereocenters. The largest absolute Gasteiger partial charge is 0.484 e. The summed E-state index contributed by atoms with van der Waals surface area (Å²) >= 11 is 0. The molecule has 1 aliphatic rings. The molecule has 6 nitrogen and oxygen atoms in total. The predicted octanol–water partition coefficient (Wildman–Crippen LogP) is 4.06. The standard InChI is InChI=1S/C25H33N3O3/c1-5-24(30)28-16-14-27(15-17-28)22-9-7-6-8-21(22)26-23(29)18-31-20-12-10-19(11-13-20)25(2,3)4/h6-13H,5,14-18H2,1-4H3,(H,26,29). The molecule has 2 aromatic carbocycles. The number of carbonyl (C=O) groups is 2. The van der Waals surface area contributed by atoms with E-state index < -0.39 is 0 Å². The van der Waals surface area contributed by atoms with Crippen molar-refractivity contribution in [2.45, 2.75) is 39.5 Å². The van der Waals surface area contributed by atoms with Gasteiger partial charge in [-0.05, 0) is 35.2 Å². The van der Waals surface area contributed by atoms with Gasteiger partial charge in [0.25, 0.3) is 5.91 Å². The molecule has 0 aromatic heterocycles. The van der Waals surface area contributed by atoms with E-state index in [1.807, 2.05) is 60.4 Å². The number of hydrogen-bond donors (Lipinski definition) is 1. The van der Waals surface area contributed by atoms with Gasteiger partial charge in [-0.1, -0.05) is 52.0 Å². The maximum absolute atomic E-state index is 12.5. The first-order chi connectivity index (χ1) is 14.8. The smallest absolute Gasteiger partial charge is 0.262 e. The molecule has 2 aromatic rings. The predicted molar refractivity (Wildman–Crippen MR) is 125 cm³/mol. The van der Waals surface area contributed by atoms with Gasteiger partial charge in [0.05, 0.1) is 11.4 Å². The lowest BCUT2D eigenvalue weighted by Gasteiger charge is -2.36. The topological polar surface area (TPSA) is 61.9 Å². The fourth-order valence-electron chi connectivity index (χ4n) is 3.66. The molecule has 31 heavy (non-hydrogen) atoms. The Kier molecular flexibility index (Phi) is 7.21. The van der Waals surface area contributed by atoms with Crippen LogP contribution in [0.3, 0.4) is 0 Å². The van der Waals surface area contributed by atoms with Gasteiger partial charge in [0.2, 0.25) is 5.91 Å². The van der Waals surface area contributed by atoms with E-state index in [0.717, 1.165) is 24.5 Å². The summed E-state index contributed by atoms with van der Waals surface area (Å²) in [4.78, 5) is 28.5. The molecule has 6 heteroatoms. The Morgan fingerprint density at radius 3 is 2.23 bits per heavy atom. The van der Waals surface area contributed by atoms with Gasteiger partial charge in [0, 0.05) is 32.6 Å². The van der Waals surface area contributed by atoms with E-state index in [4.69, 9.17) is 4.74 Å². The highest BCUT2D eigenvalue weighted by Crippen LogP contribution is 2.27. The van der Waals surface area contributed by atoms with Crippen molar-refractivity contribution < 1.29 is 14.3 Å². The summed E-state index contributed by atoms with van der Waals surface area (Å²) in [5.41, 5.74) is 3.02. The van der Waals surface area contributed by atoms with Gasteiger partial charge < -0.3 is 19.9 Å². The van der Waals surface area contributed by atoms with E-state index in [1.165, 1.54) is 5.56 Å². The summed E-state index contributed by atoms with van der Waals surface area (Å²) in [6.07, 6.45) is 0.533. The van der Waals surface area contributed by atoms with E-state index in [9.17, 15) is 9.59 Å². The Balaban J connectivity index is 1.57. The van der Waals surface area contributed by atoms with Gasteiger partial charge in [0.1, 0.15) is 5.75 Å². The molecule has 166 valence electrons. The molecule has 0 bridgehead atoms. The number of hydrogen-bond acceptors (Lipinski definition) is 4. The number of ether oxygens (including phenoxy) is 1. The third-order valence-corrected chi connectivity index (χ3v) is 5.54. The van der Waals surface area contributed by atoms with Crippen molar-refractivity contribution in [3.63, 3.8) is 0 Å². The number of piperazine rings is 1. The maximum atomic E-state index is 12.5. The highest BCUT2D eigenvalue weighted by Gasteiger charge is 2.22. The Hall–Kier alpha value is -3.02. The van der Waals surface area contributed by atoms with Gasteiger partial charge in [-0.15, -0.1) is 0 Å². The Morgan fingerprint density at radius 2 is 1.61 bits per heavy atom. The second kappa shape index (κ2) is 9.86. The zero-order valence-corrected chi connectivity index (χ0v) is 19.0. The van der Waals surface area contributed by atoms with E-state index in [1.54, 1.807) is 0 Å². The van der Waals surface area contributed by atoms with Crippen LogP contribution < -0.4 is 15.0 Å². The van der Waals surface area contributed by atoms with Crippen molar-refractivity contribution >= 4 is 23.2 Å². The van der Waals surface area contributed by atoms with Crippen LogP contribution in [0.1, 0.15) is 39.7 Å². The van der Waals surface area contributed by atoms with Gasteiger partial charge in [-0.25, -0.2) is 0 Å². The van der Waals surface area contributed by atoms with Gasteiger partial charge in [-0.3, -0.25) is 9.59 Å². The lowest BCUT2D eigenvalue weighted by molar-refractivity contribution is -0.131. The average Bonchev–Trinajstić information content (AvgIpc) is 2.77. The Morgan fingerprint density at radius 1 is 0.968 bits per heavy atom. The molecule has 2 amide bonds. The van der Waals surface area contributed by atoms with E-state index >= 15 is 0 Å². The summed E-state index contributed by atoms with van der Waals surface area (Å²) in [7, 11) is 0. The van der Waals surface area contributed by atoms with Crippen molar-refractivity contribution in [1.82, 2.24) is 4.90 Å². The molecule has 1 aliphatic heterocycles. The number of amides is 2. The number of nitrogens with zero attached hydrogens (tertiary/aromatic N) is 2. The first kappa shape index (κ1) is 22.7. The van der Waals surface area contributed by atoms with Gasteiger partial charge in [-0.2, -0.15) is 0 Å². The lowest BCUT2D eigenvalue weighted by Crippen LogP contribution is -2.48. The summed E-state index contributed by atoms with van der Waals surface area (Å²) in [6.45, 7) is 11.2. The number of rotatable bonds is 6. The molecular formula is C25H33N3O3. The third kappa shape index (κ3) is 6.00. The fraction of sp³-hybridized carbons (Fsp3) is 0.440. The zero-order valence-electron chi connectivity index (χ0n) is 19.0. The van der Waals surface area contributed by atoms with E-state index in [2.05, 4.69) is 31.0 Å². The number of benzene rings is 2. The van der Waals surface area contributed by atoms with Crippen molar-refractivity contribution in [2.75, 3.05) is 43.0 Å². The lowest BCUT2D eigenvalue weighted by atomic mass is 9.87. The number of para-hydroxylation sites is 2. The van der Waals surface area contributed by atoms with Crippen molar-refractivity contribution in [3.8, 4) is 5.75 Å². The molecule has 0 spiro atoms.